The molecule has 1 amide bonds. The van der Waals surface area contributed by atoms with Crippen molar-refractivity contribution in [2.45, 2.75) is 45.6 Å². The summed E-state index contributed by atoms with van der Waals surface area (Å²) in [6.45, 7) is 6.32. The van der Waals surface area contributed by atoms with Gasteiger partial charge in [0.1, 0.15) is 0 Å². The average molecular weight is 316 g/mol. The summed E-state index contributed by atoms with van der Waals surface area (Å²) in [6, 6.07) is -0.193. The lowest BCUT2D eigenvalue weighted by molar-refractivity contribution is 0.0516. The molecule has 116 valence electrons. The lowest BCUT2D eigenvalue weighted by Gasteiger charge is -2.44. The predicted octanol–water partition coefficient (Wildman–Crippen LogP) is 3.54. The molecular formula is C14H19ClFN3O2. The molecule has 1 fully saturated rings. The van der Waals surface area contributed by atoms with Crippen molar-refractivity contribution in [3.8, 4) is 0 Å². The third-order valence-electron chi connectivity index (χ3n) is 3.98. The second-order valence-electron chi connectivity index (χ2n) is 6.45. The summed E-state index contributed by atoms with van der Waals surface area (Å²) in [5.41, 5.74) is 0.0546. The number of carboxylic acid groups (broad SMARTS) is 1. The van der Waals surface area contributed by atoms with Crippen LogP contribution >= 0.6 is 11.6 Å². The zero-order valence-corrected chi connectivity index (χ0v) is 13.1. The zero-order chi connectivity index (χ0) is 15.8. The van der Waals surface area contributed by atoms with E-state index in [1.807, 2.05) is 20.8 Å². The van der Waals surface area contributed by atoms with Crippen LogP contribution in [0.3, 0.4) is 0 Å². The lowest BCUT2D eigenvalue weighted by atomic mass is 9.76. The zero-order valence-electron chi connectivity index (χ0n) is 12.3. The van der Waals surface area contributed by atoms with E-state index in [-0.39, 0.29) is 28.4 Å². The van der Waals surface area contributed by atoms with E-state index in [9.17, 15) is 14.3 Å². The molecule has 0 unspecified atom stereocenters. The molecule has 0 saturated carbocycles. The molecule has 1 aliphatic heterocycles. The molecule has 2 heterocycles. The van der Waals surface area contributed by atoms with Gasteiger partial charge in [0.2, 0.25) is 5.28 Å². The molecule has 1 aliphatic rings. The summed E-state index contributed by atoms with van der Waals surface area (Å²) < 4.78 is 13.9. The van der Waals surface area contributed by atoms with Crippen LogP contribution in [0, 0.1) is 11.2 Å². The van der Waals surface area contributed by atoms with Gasteiger partial charge in [0.05, 0.1) is 11.9 Å². The highest BCUT2D eigenvalue weighted by molar-refractivity contribution is 6.28. The number of hydrogen-bond donors (Lipinski definition) is 1. The van der Waals surface area contributed by atoms with Crippen LogP contribution in [0.15, 0.2) is 6.20 Å². The van der Waals surface area contributed by atoms with E-state index in [4.69, 9.17) is 11.6 Å². The average Bonchev–Trinajstić information content (AvgIpc) is 2.40. The van der Waals surface area contributed by atoms with Crippen molar-refractivity contribution in [3.05, 3.63) is 23.0 Å². The summed E-state index contributed by atoms with van der Waals surface area (Å²) in [7, 11) is 0. The number of halogens is 2. The highest BCUT2D eigenvalue weighted by Crippen LogP contribution is 2.39. The van der Waals surface area contributed by atoms with Gasteiger partial charge in [-0.15, -0.1) is 0 Å². The van der Waals surface area contributed by atoms with Crippen LogP contribution in [0.2, 0.25) is 5.28 Å². The fourth-order valence-corrected chi connectivity index (χ4v) is 3.05. The van der Waals surface area contributed by atoms with Gasteiger partial charge in [0.25, 0.3) is 0 Å². The number of amides is 1. The molecular weight excluding hydrogens is 297 g/mol. The summed E-state index contributed by atoms with van der Waals surface area (Å²) in [6.07, 6.45) is 1.19. The normalized spacial score (nSPS) is 23.2. The van der Waals surface area contributed by atoms with Gasteiger partial charge in [-0.25, -0.2) is 19.2 Å². The molecule has 1 aromatic heterocycles. The predicted molar refractivity (Wildman–Crippen MR) is 76.9 cm³/mol. The van der Waals surface area contributed by atoms with E-state index < -0.39 is 11.9 Å². The van der Waals surface area contributed by atoms with E-state index in [0.717, 1.165) is 6.20 Å². The number of nitrogens with zero attached hydrogens (tertiary/aromatic N) is 3. The van der Waals surface area contributed by atoms with E-state index in [2.05, 4.69) is 9.97 Å². The summed E-state index contributed by atoms with van der Waals surface area (Å²) in [5, 5.41) is 9.35. The van der Waals surface area contributed by atoms with E-state index in [1.165, 1.54) is 4.90 Å². The van der Waals surface area contributed by atoms with Gasteiger partial charge in [-0.1, -0.05) is 20.8 Å². The van der Waals surface area contributed by atoms with Crippen molar-refractivity contribution < 1.29 is 14.3 Å². The Balaban J connectivity index is 2.29. The Morgan fingerprint density at radius 1 is 1.52 bits per heavy atom. The fraction of sp³-hybridized carbons (Fsp3) is 0.643. The van der Waals surface area contributed by atoms with Crippen molar-refractivity contribution in [2.75, 3.05) is 6.54 Å². The maximum atomic E-state index is 13.9. The summed E-state index contributed by atoms with van der Waals surface area (Å²) >= 11 is 5.75. The van der Waals surface area contributed by atoms with Gasteiger partial charge in [0, 0.05) is 18.5 Å². The van der Waals surface area contributed by atoms with Gasteiger partial charge in [-0.05, 0) is 29.9 Å². The SMILES string of the molecule is CC(C)(C)[C@@H]1C[C@H](c2nc(Cl)ncc2F)CCN1C(=O)O. The maximum absolute atomic E-state index is 13.9. The Morgan fingerprint density at radius 2 is 2.19 bits per heavy atom. The molecule has 5 nitrogen and oxygen atoms in total. The van der Waals surface area contributed by atoms with Crippen molar-refractivity contribution >= 4 is 17.7 Å². The van der Waals surface area contributed by atoms with Crippen molar-refractivity contribution in [1.82, 2.24) is 14.9 Å². The van der Waals surface area contributed by atoms with Crippen LogP contribution in [-0.2, 0) is 0 Å². The first-order valence-electron chi connectivity index (χ1n) is 6.87. The van der Waals surface area contributed by atoms with Crippen molar-refractivity contribution in [3.63, 3.8) is 0 Å². The molecule has 0 aromatic carbocycles. The number of piperidine rings is 1. The van der Waals surface area contributed by atoms with Crippen LogP contribution in [0.25, 0.3) is 0 Å². The topological polar surface area (TPSA) is 66.3 Å². The summed E-state index contributed by atoms with van der Waals surface area (Å²) in [4.78, 5) is 20.4. The minimum atomic E-state index is -0.936. The molecule has 2 atom stereocenters. The van der Waals surface area contributed by atoms with Crippen LogP contribution in [-0.4, -0.2) is 38.7 Å². The molecule has 0 spiro atoms. The number of aromatic nitrogens is 2. The molecule has 1 N–H and O–H groups in total. The van der Waals surface area contributed by atoms with Gasteiger partial charge in [-0.3, -0.25) is 0 Å². The minimum Gasteiger partial charge on any atom is -0.465 e. The Labute approximate surface area is 128 Å². The molecule has 1 saturated heterocycles. The van der Waals surface area contributed by atoms with Gasteiger partial charge >= 0.3 is 6.09 Å². The molecule has 0 radical (unpaired) electrons. The maximum Gasteiger partial charge on any atom is 0.407 e. The highest BCUT2D eigenvalue weighted by Gasteiger charge is 2.40. The molecule has 0 aliphatic carbocycles. The van der Waals surface area contributed by atoms with Gasteiger partial charge < -0.3 is 10.0 Å². The first kappa shape index (κ1) is 15.9. The Hall–Kier alpha value is -1.43. The van der Waals surface area contributed by atoms with Crippen LogP contribution in [0.5, 0.6) is 0 Å². The number of hydrogen-bond acceptors (Lipinski definition) is 3. The lowest BCUT2D eigenvalue weighted by Crippen LogP contribution is -2.51. The number of carbonyl (C=O) groups is 1. The number of likely N-dealkylation sites (tertiary alicyclic amines) is 1. The second-order valence-corrected chi connectivity index (χ2v) is 6.79. The van der Waals surface area contributed by atoms with E-state index in [1.54, 1.807) is 0 Å². The van der Waals surface area contributed by atoms with Gasteiger partial charge in [0.15, 0.2) is 5.82 Å². The van der Waals surface area contributed by atoms with Crippen molar-refractivity contribution in [1.29, 1.82) is 0 Å². The fourth-order valence-electron chi connectivity index (χ4n) is 2.91. The second kappa shape index (κ2) is 5.75. The van der Waals surface area contributed by atoms with Crippen LogP contribution in [0.1, 0.15) is 45.2 Å². The van der Waals surface area contributed by atoms with Crippen LogP contribution < -0.4 is 0 Å². The Morgan fingerprint density at radius 3 is 2.76 bits per heavy atom. The summed E-state index contributed by atoms with van der Waals surface area (Å²) in [5.74, 6) is -0.633. The first-order valence-corrected chi connectivity index (χ1v) is 7.25. The molecule has 7 heteroatoms. The standard InChI is InChI=1S/C14H19ClFN3O2/c1-14(2,3)10-6-8(4-5-19(10)13(20)21)11-9(16)7-17-12(15)18-11/h7-8,10H,4-6H2,1-3H3,(H,20,21)/t8-,10+/m1/s1. The largest absolute Gasteiger partial charge is 0.465 e. The van der Waals surface area contributed by atoms with E-state index in [0.29, 0.717) is 19.4 Å². The Kier molecular flexibility index (Phi) is 4.37. The van der Waals surface area contributed by atoms with E-state index >= 15 is 0 Å². The molecule has 21 heavy (non-hydrogen) atoms. The molecule has 0 bridgehead atoms. The van der Waals surface area contributed by atoms with Crippen molar-refractivity contribution in [2.24, 2.45) is 5.41 Å². The third-order valence-corrected chi connectivity index (χ3v) is 4.16. The molecule has 2 rings (SSSR count). The van der Waals surface area contributed by atoms with Crippen LogP contribution in [0.4, 0.5) is 9.18 Å². The molecule has 1 aromatic rings. The highest BCUT2D eigenvalue weighted by atomic mass is 35.5. The quantitative estimate of drug-likeness (QED) is 0.805. The Bertz CT molecular complexity index is 548. The van der Waals surface area contributed by atoms with Gasteiger partial charge in [-0.2, -0.15) is 0 Å². The smallest absolute Gasteiger partial charge is 0.407 e. The first-order chi connectivity index (χ1) is 9.70. The minimum absolute atomic E-state index is 0.0133. The monoisotopic (exact) mass is 315 g/mol. The third kappa shape index (κ3) is 3.43. The number of rotatable bonds is 1.